The molecule has 1 aromatic carbocycles. The topological polar surface area (TPSA) is 58.3 Å². The number of likely N-dealkylation sites (tertiary alicyclic amines) is 2. The molecule has 180 valence electrons. The zero-order valence-electron chi connectivity index (χ0n) is 19.7. The van der Waals surface area contributed by atoms with E-state index in [1.54, 1.807) is 12.4 Å². The van der Waals surface area contributed by atoms with E-state index in [1.165, 1.54) is 32.4 Å². The Kier molecular flexibility index (Phi) is 7.25. The molecule has 0 unspecified atom stereocenters. The van der Waals surface area contributed by atoms with Crippen LogP contribution in [-0.4, -0.2) is 61.8 Å². The molecule has 2 aliphatic heterocycles. The number of rotatable bonds is 6. The van der Waals surface area contributed by atoms with E-state index in [9.17, 15) is 4.79 Å². The van der Waals surface area contributed by atoms with Crippen molar-refractivity contribution in [2.24, 2.45) is 0 Å². The van der Waals surface area contributed by atoms with Crippen LogP contribution in [-0.2, 0) is 6.54 Å². The van der Waals surface area contributed by atoms with Crippen molar-refractivity contribution >= 4 is 34.1 Å². The van der Waals surface area contributed by atoms with Crippen molar-refractivity contribution in [3.05, 3.63) is 59.3 Å². The standard InChI is InChI=1S/C26H34N6OS/c33-26-31(17-7-16-29-14-4-1-5-15-29)23-9-2-3-10-24(23)32(26)22-11-18-30(19-12-22)25(34)28-21-8-6-13-27-20-21/h2-3,6,8-10,13,20,22H,1,4-5,7,11-12,14-19H2,(H,28,34). The van der Waals surface area contributed by atoms with Gasteiger partial charge in [-0.3, -0.25) is 14.1 Å². The van der Waals surface area contributed by atoms with Gasteiger partial charge >= 0.3 is 5.69 Å². The number of hydrogen-bond donors (Lipinski definition) is 1. The molecule has 0 spiro atoms. The Labute approximate surface area is 206 Å². The quantitative estimate of drug-likeness (QED) is 0.538. The van der Waals surface area contributed by atoms with Crippen LogP contribution in [0, 0.1) is 0 Å². The van der Waals surface area contributed by atoms with Gasteiger partial charge in [-0.2, -0.15) is 0 Å². The molecule has 0 atom stereocenters. The van der Waals surface area contributed by atoms with E-state index >= 15 is 0 Å². The second-order valence-electron chi connectivity index (χ2n) is 9.44. The summed E-state index contributed by atoms with van der Waals surface area (Å²) in [6.07, 6.45) is 10.3. The van der Waals surface area contributed by atoms with Gasteiger partial charge in [0.15, 0.2) is 5.11 Å². The van der Waals surface area contributed by atoms with Gasteiger partial charge in [-0.15, -0.1) is 0 Å². The van der Waals surface area contributed by atoms with E-state index in [4.69, 9.17) is 12.2 Å². The number of piperidine rings is 2. The first-order chi connectivity index (χ1) is 16.7. The summed E-state index contributed by atoms with van der Waals surface area (Å²) in [5.41, 5.74) is 3.15. The third-order valence-corrected chi connectivity index (χ3v) is 7.56. The van der Waals surface area contributed by atoms with Gasteiger partial charge in [0.05, 0.1) is 22.9 Å². The number of imidazole rings is 1. The molecule has 3 aromatic rings. The molecular formula is C26H34N6OS. The highest BCUT2D eigenvalue weighted by Crippen LogP contribution is 2.26. The molecule has 0 bridgehead atoms. The molecular weight excluding hydrogens is 444 g/mol. The minimum absolute atomic E-state index is 0.134. The lowest BCUT2D eigenvalue weighted by atomic mass is 10.0. The molecule has 2 aromatic heterocycles. The molecule has 0 amide bonds. The molecule has 1 N–H and O–H groups in total. The van der Waals surface area contributed by atoms with Gasteiger partial charge in [-0.05, 0) is 88.2 Å². The third-order valence-electron chi connectivity index (χ3n) is 7.20. The highest BCUT2D eigenvalue weighted by Gasteiger charge is 2.26. The Morgan fingerprint density at radius 3 is 2.47 bits per heavy atom. The fourth-order valence-corrected chi connectivity index (χ4v) is 5.70. The molecule has 2 fully saturated rings. The summed E-state index contributed by atoms with van der Waals surface area (Å²) in [7, 11) is 0. The molecule has 34 heavy (non-hydrogen) atoms. The molecule has 5 rings (SSSR count). The van der Waals surface area contributed by atoms with Crippen LogP contribution in [0.4, 0.5) is 5.69 Å². The number of para-hydroxylation sites is 2. The minimum atomic E-state index is 0.134. The third kappa shape index (κ3) is 5.03. The number of thiocarbonyl (C=S) groups is 1. The van der Waals surface area contributed by atoms with Crippen molar-refractivity contribution in [2.45, 2.75) is 51.1 Å². The number of aryl methyl sites for hydroxylation is 1. The fourth-order valence-electron chi connectivity index (χ4n) is 5.40. The van der Waals surface area contributed by atoms with Gasteiger partial charge in [0.25, 0.3) is 0 Å². The zero-order valence-corrected chi connectivity index (χ0v) is 20.6. The lowest BCUT2D eigenvalue weighted by Gasteiger charge is -2.34. The highest BCUT2D eigenvalue weighted by atomic mass is 32.1. The Morgan fingerprint density at radius 1 is 0.971 bits per heavy atom. The van der Waals surface area contributed by atoms with Crippen LogP contribution in [0.2, 0.25) is 0 Å². The van der Waals surface area contributed by atoms with Gasteiger partial charge in [-0.1, -0.05) is 18.6 Å². The molecule has 2 aliphatic rings. The van der Waals surface area contributed by atoms with Crippen molar-refractivity contribution in [1.29, 1.82) is 0 Å². The van der Waals surface area contributed by atoms with Crippen LogP contribution in [0.5, 0.6) is 0 Å². The van der Waals surface area contributed by atoms with Crippen molar-refractivity contribution in [2.75, 3.05) is 38.0 Å². The van der Waals surface area contributed by atoms with Crippen LogP contribution in [0.25, 0.3) is 11.0 Å². The van der Waals surface area contributed by atoms with Crippen molar-refractivity contribution in [3.8, 4) is 0 Å². The number of hydrogen-bond acceptors (Lipinski definition) is 4. The van der Waals surface area contributed by atoms with E-state index < -0.39 is 0 Å². The second kappa shape index (κ2) is 10.7. The number of pyridine rings is 1. The molecule has 0 saturated carbocycles. The van der Waals surface area contributed by atoms with Gasteiger partial charge in [0.1, 0.15) is 0 Å². The van der Waals surface area contributed by atoms with Crippen molar-refractivity contribution < 1.29 is 0 Å². The van der Waals surface area contributed by atoms with Crippen LogP contribution in [0.1, 0.15) is 44.6 Å². The largest absolute Gasteiger partial charge is 0.349 e. The Bertz CT molecular complexity index is 1160. The zero-order chi connectivity index (χ0) is 23.3. The summed E-state index contributed by atoms with van der Waals surface area (Å²) < 4.78 is 4.05. The molecule has 8 heteroatoms. The average molecular weight is 479 g/mol. The van der Waals surface area contributed by atoms with Crippen LogP contribution in [0.15, 0.2) is 53.6 Å². The highest BCUT2D eigenvalue weighted by molar-refractivity contribution is 7.80. The van der Waals surface area contributed by atoms with Crippen molar-refractivity contribution in [1.82, 2.24) is 23.9 Å². The maximum Gasteiger partial charge on any atom is 0.329 e. The first kappa shape index (κ1) is 23.1. The summed E-state index contributed by atoms with van der Waals surface area (Å²) in [6.45, 7) is 5.92. The lowest BCUT2D eigenvalue weighted by molar-refractivity contribution is 0.222. The molecule has 4 heterocycles. The maximum absolute atomic E-state index is 13.6. The number of nitrogens with zero attached hydrogens (tertiary/aromatic N) is 5. The fraction of sp³-hybridized carbons (Fsp3) is 0.500. The van der Waals surface area contributed by atoms with Gasteiger partial charge < -0.3 is 15.1 Å². The Hall–Kier alpha value is -2.71. The van der Waals surface area contributed by atoms with Gasteiger partial charge in [-0.25, -0.2) is 4.79 Å². The van der Waals surface area contributed by atoms with E-state index in [2.05, 4.69) is 32.2 Å². The SMILES string of the molecule is O=c1n(CCCN2CCCCC2)c2ccccc2n1C1CCN(C(=S)Nc2cccnc2)CC1. The summed E-state index contributed by atoms with van der Waals surface area (Å²) >= 11 is 5.63. The summed E-state index contributed by atoms with van der Waals surface area (Å²) in [5, 5.41) is 4.00. The Balaban J connectivity index is 1.26. The van der Waals surface area contributed by atoms with E-state index in [0.717, 1.165) is 67.3 Å². The van der Waals surface area contributed by atoms with Gasteiger partial charge in [0.2, 0.25) is 0 Å². The van der Waals surface area contributed by atoms with Crippen LogP contribution >= 0.6 is 12.2 Å². The van der Waals surface area contributed by atoms with E-state index in [1.807, 2.05) is 33.4 Å². The first-order valence-electron chi connectivity index (χ1n) is 12.6. The average Bonchev–Trinajstić information content (AvgIpc) is 3.16. The normalized spacial score (nSPS) is 17.8. The summed E-state index contributed by atoms with van der Waals surface area (Å²) in [4.78, 5) is 22.5. The number of anilines is 1. The minimum Gasteiger partial charge on any atom is -0.349 e. The van der Waals surface area contributed by atoms with Crippen molar-refractivity contribution in [3.63, 3.8) is 0 Å². The monoisotopic (exact) mass is 478 g/mol. The molecule has 2 saturated heterocycles. The Morgan fingerprint density at radius 2 is 1.74 bits per heavy atom. The molecule has 7 nitrogen and oxygen atoms in total. The second-order valence-corrected chi connectivity index (χ2v) is 9.83. The van der Waals surface area contributed by atoms with Crippen LogP contribution < -0.4 is 11.0 Å². The predicted octanol–water partition coefficient (Wildman–Crippen LogP) is 4.11. The summed E-state index contributed by atoms with van der Waals surface area (Å²) in [5.74, 6) is 0. The van der Waals surface area contributed by atoms with Crippen LogP contribution in [0.3, 0.4) is 0 Å². The predicted molar refractivity (Wildman–Crippen MR) is 141 cm³/mol. The number of fused-ring (bicyclic) bond motifs is 1. The van der Waals surface area contributed by atoms with E-state index in [0.29, 0.717) is 0 Å². The molecule has 0 radical (unpaired) electrons. The van der Waals surface area contributed by atoms with E-state index in [-0.39, 0.29) is 11.7 Å². The molecule has 0 aliphatic carbocycles. The number of nitrogens with one attached hydrogen (secondary N) is 1. The maximum atomic E-state index is 13.6. The van der Waals surface area contributed by atoms with Gasteiger partial charge in [0, 0.05) is 31.9 Å². The summed E-state index contributed by atoms with van der Waals surface area (Å²) in [6, 6.07) is 12.3. The number of aromatic nitrogens is 3. The number of benzene rings is 1. The lowest BCUT2D eigenvalue weighted by Crippen LogP contribution is -2.42. The smallest absolute Gasteiger partial charge is 0.329 e. The first-order valence-corrected chi connectivity index (χ1v) is 13.0.